The number of nitrogens with one attached hydrogen (secondary N) is 2. The third-order valence-electron chi connectivity index (χ3n) is 4.49. The molecule has 0 aliphatic carbocycles. The molecule has 2 aromatic heterocycles. The Morgan fingerprint density at radius 1 is 1.00 bits per heavy atom. The number of hydrogen-bond donors (Lipinski definition) is 2. The number of fused-ring (bicyclic) bond motifs is 1. The second-order valence-corrected chi connectivity index (χ2v) is 6.14. The number of rotatable bonds is 8. The first-order valence-corrected chi connectivity index (χ1v) is 9.22. The molecule has 154 valence electrons. The van der Waals surface area contributed by atoms with Crippen LogP contribution in [0.25, 0.3) is 5.65 Å². The summed E-state index contributed by atoms with van der Waals surface area (Å²) < 4.78 is 18.2. The summed E-state index contributed by atoms with van der Waals surface area (Å²) in [4.78, 5) is 4.26. The van der Waals surface area contributed by atoms with Crippen LogP contribution in [0.3, 0.4) is 0 Å². The van der Waals surface area contributed by atoms with Gasteiger partial charge in [0.25, 0.3) is 0 Å². The molecule has 0 saturated carbocycles. The van der Waals surface area contributed by atoms with Crippen molar-refractivity contribution in [3.05, 3.63) is 47.9 Å². The van der Waals surface area contributed by atoms with Crippen LogP contribution in [0.5, 0.6) is 17.2 Å². The van der Waals surface area contributed by atoms with Gasteiger partial charge in [0, 0.05) is 25.4 Å². The number of nitrogens with zero attached hydrogens (tertiary/aromatic N) is 4. The molecule has 0 spiro atoms. The third kappa shape index (κ3) is 4.50. The van der Waals surface area contributed by atoms with E-state index in [0.717, 1.165) is 23.5 Å². The monoisotopic (exact) mass is 398 g/mol. The van der Waals surface area contributed by atoms with Crippen molar-refractivity contribution in [3.8, 4) is 17.2 Å². The maximum Gasteiger partial charge on any atom is 0.203 e. The van der Waals surface area contributed by atoms with E-state index in [0.29, 0.717) is 36.3 Å². The second-order valence-electron chi connectivity index (χ2n) is 6.14. The number of benzene rings is 1. The molecule has 0 atom stereocenters. The average Bonchev–Trinajstić information content (AvgIpc) is 3.18. The number of ether oxygens (including phenoxy) is 3. The van der Waals surface area contributed by atoms with Crippen molar-refractivity contribution in [3.63, 3.8) is 0 Å². The predicted octanol–water partition coefficient (Wildman–Crippen LogP) is 1.66. The van der Waals surface area contributed by atoms with E-state index in [1.165, 1.54) is 0 Å². The lowest BCUT2D eigenvalue weighted by atomic mass is 10.1. The largest absolute Gasteiger partial charge is 0.493 e. The number of methoxy groups -OCH3 is 3. The Bertz CT molecular complexity index is 986. The van der Waals surface area contributed by atoms with Gasteiger partial charge in [0.15, 0.2) is 28.9 Å². The average molecular weight is 398 g/mol. The summed E-state index contributed by atoms with van der Waals surface area (Å²) in [5.74, 6) is 3.39. The molecule has 1 aromatic carbocycles. The van der Waals surface area contributed by atoms with Crippen molar-refractivity contribution >= 4 is 11.6 Å². The first kappa shape index (κ1) is 20.2. The number of aromatic nitrogens is 3. The first-order valence-electron chi connectivity index (χ1n) is 9.22. The summed E-state index contributed by atoms with van der Waals surface area (Å²) in [7, 11) is 6.56. The van der Waals surface area contributed by atoms with Crippen molar-refractivity contribution in [1.82, 2.24) is 25.2 Å². The van der Waals surface area contributed by atoms with Crippen LogP contribution in [0, 0.1) is 0 Å². The predicted molar refractivity (Wildman–Crippen MR) is 111 cm³/mol. The summed E-state index contributed by atoms with van der Waals surface area (Å²) >= 11 is 0. The standard InChI is InChI=1S/C20H26N6O3/c1-21-20(23-13-17-25-24-16-7-5-6-12-26(16)17)22-11-10-14-8-9-15(27-2)19(29-4)18(14)28-3/h5-9,12H,10-11,13H2,1-4H3,(H2,21,22,23). The molecule has 0 fully saturated rings. The maximum atomic E-state index is 5.53. The molecule has 0 amide bonds. The van der Waals surface area contributed by atoms with Crippen molar-refractivity contribution in [1.29, 1.82) is 0 Å². The highest BCUT2D eigenvalue weighted by Crippen LogP contribution is 2.39. The molecule has 9 heteroatoms. The summed E-state index contributed by atoms with van der Waals surface area (Å²) in [6.07, 6.45) is 2.66. The molecule has 9 nitrogen and oxygen atoms in total. The molecule has 0 radical (unpaired) electrons. The minimum Gasteiger partial charge on any atom is -0.493 e. The molecular weight excluding hydrogens is 372 g/mol. The van der Waals surface area contributed by atoms with E-state index in [4.69, 9.17) is 14.2 Å². The van der Waals surface area contributed by atoms with Gasteiger partial charge in [-0.1, -0.05) is 12.1 Å². The normalized spacial score (nSPS) is 11.4. The fourth-order valence-electron chi connectivity index (χ4n) is 3.07. The second kappa shape index (κ2) is 9.63. The zero-order valence-corrected chi connectivity index (χ0v) is 17.1. The molecule has 0 saturated heterocycles. The van der Waals surface area contributed by atoms with Crippen molar-refractivity contribution in [2.75, 3.05) is 34.9 Å². The van der Waals surface area contributed by atoms with Crippen LogP contribution in [0.2, 0.25) is 0 Å². The highest BCUT2D eigenvalue weighted by atomic mass is 16.5. The van der Waals surface area contributed by atoms with Crippen LogP contribution in [0.4, 0.5) is 0 Å². The molecule has 0 aliphatic heterocycles. The zero-order chi connectivity index (χ0) is 20.6. The minimum atomic E-state index is 0.504. The van der Waals surface area contributed by atoms with Crippen molar-refractivity contribution in [2.45, 2.75) is 13.0 Å². The van der Waals surface area contributed by atoms with Gasteiger partial charge in [0.2, 0.25) is 5.75 Å². The summed E-state index contributed by atoms with van der Waals surface area (Å²) in [5, 5.41) is 14.9. The maximum absolute atomic E-state index is 5.53. The molecular formula is C20H26N6O3. The lowest BCUT2D eigenvalue weighted by Gasteiger charge is -2.16. The van der Waals surface area contributed by atoms with Gasteiger partial charge in [0.05, 0.1) is 27.9 Å². The Balaban J connectivity index is 1.59. The summed E-state index contributed by atoms with van der Waals surface area (Å²) in [6, 6.07) is 9.65. The molecule has 3 aromatic rings. The van der Waals surface area contributed by atoms with Crippen LogP contribution in [0.1, 0.15) is 11.4 Å². The third-order valence-corrected chi connectivity index (χ3v) is 4.49. The molecule has 2 N–H and O–H groups in total. The van der Waals surface area contributed by atoms with Crippen molar-refractivity contribution in [2.24, 2.45) is 4.99 Å². The Morgan fingerprint density at radius 3 is 2.55 bits per heavy atom. The molecule has 0 unspecified atom stereocenters. The van der Waals surface area contributed by atoms with E-state index < -0.39 is 0 Å². The van der Waals surface area contributed by atoms with E-state index in [2.05, 4.69) is 25.8 Å². The van der Waals surface area contributed by atoms with Gasteiger partial charge in [-0.25, -0.2) is 0 Å². The van der Waals surface area contributed by atoms with Gasteiger partial charge < -0.3 is 24.8 Å². The summed E-state index contributed by atoms with van der Waals surface area (Å²) in [5.41, 5.74) is 1.82. The topological polar surface area (TPSA) is 94.3 Å². The first-order chi connectivity index (χ1) is 14.2. The zero-order valence-electron chi connectivity index (χ0n) is 17.1. The van der Waals surface area contributed by atoms with Gasteiger partial charge in [-0.2, -0.15) is 0 Å². The molecule has 29 heavy (non-hydrogen) atoms. The SMILES string of the molecule is CN=C(NCCc1ccc(OC)c(OC)c1OC)NCc1nnc2ccccn12. The molecule has 3 rings (SSSR count). The number of aliphatic imine (C=N–C) groups is 1. The van der Waals surface area contributed by atoms with Crippen LogP contribution in [-0.4, -0.2) is 55.5 Å². The van der Waals surface area contributed by atoms with E-state index in [-0.39, 0.29) is 0 Å². The Hall–Kier alpha value is -3.49. The Morgan fingerprint density at radius 2 is 1.83 bits per heavy atom. The number of guanidine groups is 1. The van der Waals surface area contributed by atoms with E-state index >= 15 is 0 Å². The smallest absolute Gasteiger partial charge is 0.203 e. The number of pyridine rings is 1. The van der Waals surface area contributed by atoms with Crippen LogP contribution in [0.15, 0.2) is 41.5 Å². The fourth-order valence-corrected chi connectivity index (χ4v) is 3.07. The quantitative estimate of drug-likeness (QED) is 0.440. The van der Waals surface area contributed by atoms with E-state index in [1.54, 1.807) is 28.4 Å². The van der Waals surface area contributed by atoms with E-state index in [9.17, 15) is 0 Å². The van der Waals surface area contributed by atoms with Gasteiger partial charge in [-0.15, -0.1) is 10.2 Å². The lowest BCUT2D eigenvalue weighted by Crippen LogP contribution is -2.38. The van der Waals surface area contributed by atoms with Gasteiger partial charge in [0.1, 0.15) is 0 Å². The highest BCUT2D eigenvalue weighted by Gasteiger charge is 2.15. The highest BCUT2D eigenvalue weighted by molar-refractivity contribution is 5.79. The van der Waals surface area contributed by atoms with Gasteiger partial charge in [-0.3, -0.25) is 9.39 Å². The Labute approximate surface area is 169 Å². The lowest BCUT2D eigenvalue weighted by molar-refractivity contribution is 0.322. The van der Waals surface area contributed by atoms with Crippen LogP contribution in [-0.2, 0) is 13.0 Å². The minimum absolute atomic E-state index is 0.504. The van der Waals surface area contributed by atoms with Crippen molar-refractivity contribution < 1.29 is 14.2 Å². The number of hydrogen-bond acceptors (Lipinski definition) is 6. The van der Waals surface area contributed by atoms with E-state index in [1.807, 2.05) is 40.9 Å². The van der Waals surface area contributed by atoms with Gasteiger partial charge in [-0.05, 0) is 24.6 Å². The van der Waals surface area contributed by atoms with Gasteiger partial charge >= 0.3 is 0 Å². The van der Waals surface area contributed by atoms with Crippen LogP contribution < -0.4 is 24.8 Å². The molecule has 0 aliphatic rings. The summed E-state index contributed by atoms with van der Waals surface area (Å²) in [6.45, 7) is 1.16. The molecule has 2 heterocycles. The molecule has 0 bridgehead atoms. The fraction of sp³-hybridized carbons (Fsp3) is 0.350. The Kier molecular flexibility index (Phi) is 6.72. The van der Waals surface area contributed by atoms with Crippen LogP contribution >= 0.6 is 0 Å².